The zero-order valence-electron chi connectivity index (χ0n) is 39.3. The molecule has 0 heteroatoms. The fourth-order valence-corrected chi connectivity index (χ4v) is 12.2. The molecule has 10 aromatic carbocycles. The Morgan fingerprint density at radius 2 is 0.561 bits per heavy atom. The summed E-state index contributed by atoms with van der Waals surface area (Å²) in [5.41, 5.74) is 28.9. The molecule has 12 rings (SSSR count). The van der Waals surface area contributed by atoms with Crippen LogP contribution < -0.4 is 0 Å². The van der Waals surface area contributed by atoms with Crippen LogP contribution in [0.3, 0.4) is 0 Å². The molecule has 0 aromatic heterocycles. The molecule has 0 nitrogen and oxygen atoms in total. The van der Waals surface area contributed by atoms with Crippen LogP contribution >= 0.6 is 0 Å². The molecular weight excluding hydrogens is 793 g/mol. The SMILES string of the molecule is Cc1cc(-c2cccc3ccccc23)cc(C)c1-c1ccc2c(c1)C(C)(C)c1cc(-c3ccc4c(c3)C(C)(C)c3cc(-c5c(C)cc(-c6cccc7ccccc67)cc5C)ccc3-4)ccc1-2. The summed E-state index contributed by atoms with van der Waals surface area (Å²) in [4.78, 5) is 0. The molecule has 66 heavy (non-hydrogen) atoms. The van der Waals surface area contributed by atoms with Crippen LogP contribution in [-0.2, 0) is 10.8 Å². The first kappa shape index (κ1) is 40.2. The molecular formula is C66H54. The maximum Gasteiger partial charge on any atom is 0.0159 e. The van der Waals surface area contributed by atoms with Gasteiger partial charge in [0, 0.05) is 10.8 Å². The van der Waals surface area contributed by atoms with Crippen LogP contribution in [-0.4, -0.2) is 0 Å². The quantitative estimate of drug-likeness (QED) is 0.162. The van der Waals surface area contributed by atoms with Crippen molar-refractivity contribution in [2.75, 3.05) is 0 Å². The summed E-state index contributed by atoms with van der Waals surface area (Å²) < 4.78 is 0. The lowest BCUT2D eigenvalue weighted by Gasteiger charge is -2.24. The normalized spacial score (nSPS) is 14.0. The standard InChI is InChI=1S/C66H54/c1-39-31-49(53-21-13-17-43-15-9-11-19-51(43)53)32-40(2)63(39)47-25-29-57-55-27-23-45(35-59(55)65(5,6)61(57)37-47)46-24-28-56-58-30-26-48(38-62(58)66(7,8)60(56)36-46)64-41(3)33-50(34-42(64)4)54-22-14-18-44-16-10-12-20-52(44)54/h9-38H,1-8H3. The maximum absolute atomic E-state index is 2.48. The molecule has 0 aliphatic heterocycles. The van der Waals surface area contributed by atoms with E-state index >= 15 is 0 Å². The Labute approximate surface area is 390 Å². The highest BCUT2D eigenvalue weighted by atomic mass is 14.4. The van der Waals surface area contributed by atoms with Gasteiger partial charge >= 0.3 is 0 Å². The lowest BCUT2D eigenvalue weighted by atomic mass is 9.79. The van der Waals surface area contributed by atoms with Crippen molar-refractivity contribution in [2.24, 2.45) is 0 Å². The molecule has 0 spiro atoms. The number of benzene rings is 10. The van der Waals surface area contributed by atoms with E-state index in [2.05, 4.69) is 237 Å². The monoisotopic (exact) mass is 846 g/mol. The van der Waals surface area contributed by atoms with E-state index in [-0.39, 0.29) is 10.8 Å². The second-order valence-electron chi connectivity index (χ2n) is 20.3. The third-order valence-corrected chi connectivity index (χ3v) is 15.5. The number of hydrogen-bond donors (Lipinski definition) is 0. The van der Waals surface area contributed by atoms with E-state index in [1.54, 1.807) is 0 Å². The smallest absolute Gasteiger partial charge is 0.0159 e. The Hall–Kier alpha value is -7.28. The Morgan fingerprint density at radius 3 is 0.924 bits per heavy atom. The molecule has 318 valence electrons. The highest BCUT2D eigenvalue weighted by Gasteiger charge is 2.38. The minimum absolute atomic E-state index is 0.145. The second kappa shape index (κ2) is 14.6. The molecule has 10 aromatic rings. The molecule has 0 bridgehead atoms. The lowest BCUT2D eigenvalue weighted by Crippen LogP contribution is -2.15. The van der Waals surface area contributed by atoms with Gasteiger partial charge in [0.15, 0.2) is 0 Å². The van der Waals surface area contributed by atoms with Crippen molar-refractivity contribution in [2.45, 2.75) is 66.2 Å². The van der Waals surface area contributed by atoms with Gasteiger partial charge in [-0.15, -0.1) is 0 Å². The average molecular weight is 847 g/mol. The largest absolute Gasteiger partial charge is 0.0616 e. The molecule has 2 aliphatic carbocycles. The fraction of sp³-hybridized carbons (Fsp3) is 0.152. The molecule has 2 aliphatic rings. The first-order valence-electron chi connectivity index (χ1n) is 23.7. The van der Waals surface area contributed by atoms with Crippen LogP contribution in [0.15, 0.2) is 182 Å². The molecule has 0 amide bonds. The van der Waals surface area contributed by atoms with Crippen molar-refractivity contribution in [1.82, 2.24) is 0 Å². The Morgan fingerprint density at radius 1 is 0.258 bits per heavy atom. The second-order valence-corrected chi connectivity index (χ2v) is 20.3. The van der Waals surface area contributed by atoms with Crippen molar-refractivity contribution in [3.05, 3.63) is 226 Å². The van der Waals surface area contributed by atoms with Crippen molar-refractivity contribution in [3.63, 3.8) is 0 Å². The number of hydrogen-bond acceptors (Lipinski definition) is 0. The van der Waals surface area contributed by atoms with E-state index < -0.39 is 0 Å². The van der Waals surface area contributed by atoms with Gasteiger partial charge in [-0.05, 0) is 196 Å². The van der Waals surface area contributed by atoms with Gasteiger partial charge in [-0.1, -0.05) is 185 Å². The molecule has 0 N–H and O–H groups in total. The van der Waals surface area contributed by atoms with Crippen LogP contribution in [0.1, 0.15) is 72.2 Å². The van der Waals surface area contributed by atoms with Gasteiger partial charge in [0.1, 0.15) is 0 Å². The maximum atomic E-state index is 2.48. The minimum Gasteiger partial charge on any atom is -0.0616 e. The van der Waals surface area contributed by atoms with Crippen LogP contribution in [0.4, 0.5) is 0 Å². The molecule has 0 fully saturated rings. The van der Waals surface area contributed by atoms with Crippen LogP contribution in [0.5, 0.6) is 0 Å². The van der Waals surface area contributed by atoms with Gasteiger partial charge in [0.25, 0.3) is 0 Å². The number of rotatable bonds is 5. The van der Waals surface area contributed by atoms with E-state index in [0.29, 0.717) is 0 Å². The van der Waals surface area contributed by atoms with E-state index in [1.807, 2.05) is 0 Å². The molecule has 0 heterocycles. The van der Waals surface area contributed by atoms with Crippen molar-refractivity contribution in [1.29, 1.82) is 0 Å². The zero-order valence-corrected chi connectivity index (χ0v) is 39.3. The Bertz CT molecular complexity index is 3380. The summed E-state index contributed by atoms with van der Waals surface area (Å²) in [6, 6.07) is 69.0. The number of fused-ring (bicyclic) bond motifs is 8. The molecule has 0 radical (unpaired) electrons. The van der Waals surface area contributed by atoms with E-state index in [9.17, 15) is 0 Å². The summed E-state index contributed by atoms with van der Waals surface area (Å²) in [6.45, 7) is 18.8. The van der Waals surface area contributed by atoms with E-state index in [4.69, 9.17) is 0 Å². The minimum atomic E-state index is -0.145. The van der Waals surface area contributed by atoms with Gasteiger partial charge < -0.3 is 0 Å². The molecule has 0 unspecified atom stereocenters. The Kier molecular flexibility index (Phi) is 8.91. The topological polar surface area (TPSA) is 0 Å². The van der Waals surface area contributed by atoms with Crippen molar-refractivity contribution < 1.29 is 0 Å². The summed E-state index contributed by atoms with van der Waals surface area (Å²) in [7, 11) is 0. The van der Waals surface area contributed by atoms with Crippen LogP contribution in [0, 0.1) is 27.7 Å². The summed E-state index contributed by atoms with van der Waals surface area (Å²) in [5, 5.41) is 5.15. The van der Waals surface area contributed by atoms with Crippen molar-refractivity contribution >= 4 is 21.5 Å². The predicted octanol–water partition coefficient (Wildman–Crippen LogP) is 18.2. The van der Waals surface area contributed by atoms with Gasteiger partial charge in [-0.3, -0.25) is 0 Å². The van der Waals surface area contributed by atoms with Gasteiger partial charge in [-0.25, -0.2) is 0 Å². The predicted molar refractivity (Wildman–Crippen MR) is 283 cm³/mol. The third-order valence-electron chi connectivity index (χ3n) is 15.5. The number of aryl methyl sites for hydroxylation is 4. The molecule has 0 saturated heterocycles. The summed E-state index contributed by atoms with van der Waals surface area (Å²) >= 11 is 0. The first-order valence-corrected chi connectivity index (χ1v) is 23.7. The van der Waals surface area contributed by atoms with E-state index in [1.165, 1.54) is 144 Å². The average Bonchev–Trinajstić information content (AvgIpc) is 3.68. The van der Waals surface area contributed by atoms with Gasteiger partial charge in [0.05, 0.1) is 0 Å². The third kappa shape index (κ3) is 6.04. The molecule has 0 atom stereocenters. The first-order chi connectivity index (χ1) is 31.9. The van der Waals surface area contributed by atoms with Crippen LogP contribution in [0.2, 0.25) is 0 Å². The van der Waals surface area contributed by atoms with Crippen molar-refractivity contribution in [3.8, 4) is 77.9 Å². The van der Waals surface area contributed by atoms with Gasteiger partial charge in [0.2, 0.25) is 0 Å². The molecule has 0 saturated carbocycles. The lowest BCUT2D eigenvalue weighted by molar-refractivity contribution is 0.660. The van der Waals surface area contributed by atoms with Crippen LogP contribution in [0.25, 0.3) is 99.4 Å². The Balaban J connectivity index is 0.852. The highest BCUT2D eigenvalue weighted by Crippen LogP contribution is 2.54. The highest BCUT2D eigenvalue weighted by molar-refractivity contribution is 5.99. The zero-order chi connectivity index (χ0) is 45.2. The summed E-state index contributed by atoms with van der Waals surface area (Å²) in [5.74, 6) is 0. The van der Waals surface area contributed by atoms with Gasteiger partial charge in [-0.2, -0.15) is 0 Å². The summed E-state index contributed by atoms with van der Waals surface area (Å²) in [6.07, 6.45) is 0. The van der Waals surface area contributed by atoms with E-state index in [0.717, 1.165) is 0 Å². The fourth-order valence-electron chi connectivity index (χ4n) is 12.2.